The number of halogens is 1. The second-order valence-electron chi connectivity index (χ2n) is 4.79. The van der Waals surface area contributed by atoms with E-state index in [4.69, 9.17) is 11.6 Å². The van der Waals surface area contributed by atoms with Crippen LogP contribution in [0.2, 0.25) is 5.15 Å². The maximum Gasteiger partial charge on any atom is 0.129 e. The zero-order chi connectivity index (χ0) is 13.4. The minimum Gasteiger partial charge on any atom is -0.377 e. The summed E-state index contributed by atoms with van der Waals surface area (Å²) >= 11 is 9.72. The lowest BCUT2D eigenvalue weighted by Crippen LogP contribution is -2.19. The zero-order valence-electron chi connectivity index (χ0n) is 10.8. The molecule has 1 unspecified atom stereocenters. The molecule has 1 N–H and O–H groups in total. The maximum absolute atomic E-state index is 5.91. The normalized spacial score (nSPS) is 22.1. The van der Waals surface area contributed by atoms with Gasteiger partial charge < -0.3 is 5.32 Å². The van der Waals surface area contributed by atoms with Crippen LogP contribution in [0.15, 0.2) is 27.8 Å². The Bertz CT molecular complexity index is 597. The molecule has 19 heavy (non-hydrogen) atoms. The third-order valence-electron chi connectivity index (χ3n) is 3.29. The molecular weight excluding hydrogens is 296 g/mol. The Morgan fingerprint density at radius 1 is 1.37 bits per heavy atom. The average Bonchev–Trinajstić information content (AvgIpc) is 2.80. The fraction of sp³-hybridized carbons (Fsp3) is 0.357. The first-order valence-corrected chi connectivity index (χ1v) is 8.41. The van der Waals surface area contributed by atoms with Gasteiger partial charge in [0.15, 0.2) is 0 Å². The van der Waals surface area contributed by atoms with E-state index in [1.54, 1.807) is 0 Å². The van der Waals surface area contributed by atoms with Crippen molar-refractivity contribution in [2.24, 2.45) is 0 Å². The van der Waals surface area contributed by atoms with Crippen molar-refractivity contribution in [2.75, 3.05) is 5.32 Å². The van der Waals surface area contributed by atoms with Gasteiger partial charge in [-0.1, -0.05) is 18.5 Å². The van der Waals surface area contributed by atoms with E-state index in [2.05, 4.69) is 28.7 Å². The van der Waals surface area contributed by atoms with E-state index in [-0.39, 0.29) is 0 Å². The van der Waals surface area contributed by atoms with Gasteiger partial charge in [-0.25, -0.2) is 4.98 Å². The number of hydrogen-bond donors (Lipinski definition) is 1. The van der Waals surface area contributed by atoms with E-state index >= 15 is 0 Å². The van der Waals surface area contributed by atoms with Crippen LogP contribution in [-0.4, -0.2) is 10.2 Å². The number of thiophene rings is 1. The molecule has 0 saturated carbocycles. The van der Waals surface area contributed by atoms with Crippen LogP contribution in [0.4, 0.5) is 5.69 Å². The van der Waals surface area contributed by atoms with Crippen LogP contribution in [0.5, 0.6) is 0 Å². The Morgan fingerprint density at radius 2 is 2.21 bits per heavy atom. The molecule has 1 aliphatic rings. The molecule has 1 aliphatic heterocycles. The van der Waals surface area contributed by atoms with E-state index in [1.165, 1.54) is 9.77 Å². The highest BCUT2D eigenvalue weighted by Gasteiger charge is 2.26. The number of rotatable bonds is 2. The minimum atomic E-state index is 0.374. The summed E-state index contributed by atoms with van der Waals surface area (Å²) in [7, 11) is 0. The molecule has 0 radical (unpaired) electrons. The molecule has 2 atom stereocenters. The second-order valence-corrected chi connectivity index (χ2v) is 7.80. The standard InChI is InChI=1S/C14H15ClN2S2/c1-8-7-12(10-5-6-18-14(10)19-8)17-11-3-4-13(15)16-9(11)2/h3-6,8,12,17H,7H2,1-2H3/t8-,12?/m0/s1. The van der Waals surface area contributed by atoms with Crippen LogP contribution in [0.3, 0.4) is 0 Å². The first-order chi connectivity index (χ1) is 9.13. The van der Waals surface area contributed by atoms with E-state index < -0.39 is 0 Å². The van der Waals surface area contributed by atoms with Gasteiger partial charge >= 0.3 is 0 Å². The van der Waals surface area contributed by atoms with Gasteiger partial charge in [-0.2, -0.15) is 0 Å². The summed E-state index contributed by atoms with van der Waals surface area (Å²) in [6.45, 7) is 4.28. The molecule has 0 aromatic carbocycles. The monoisotopic (exact) mass is 310 g/mol. The average molecular weight is 311 g/mol. The molecular formula is C14H15ClN2S2. The molecule has 2 aromatic heterocycles. The van der Waals surface area contributed by atoms with Crippen LogP contribution in [-0.2, 0) is 0 Å². The van der Waals surface area contributed by atoms with Crippen LogP contribution >= 0.6 is 34.7 Å². The zero-order valence-corrected chi connectivity index (χ0v) is 13.2. The molecule has 0 spiro atoms. The van der Waals surface area contributed by atoms with Gasteiger partial charge in [0.25, 0.3) is 0 Å². The predicted octanol–water partition coefficient (Wildman–Crippen LogP) is 5.14. The van der Waals surface area contributed by atoms with Gasteiger partial charge in [0.1, 0.15) is 5.15 Å². The molecule has 3 heterocycles. The highest BCUT2D eigenvalue weighted by atomic mass is 35.5. The van der Waals surface area contributed by atoms with Gasteiger partial charge in [-0.3, -0.25) is 0 Å². The number of hydrogen-bond acceptors (Lipinski definition) is 4. The summed E-state index contributed by atoms with van der Waals surface area (Å²) in [5.41, 5.74) is 3.45. The number of aryl methyl sites for hydroxylation is 1. The molecule has 2 aromatic rings. The van der Waals surface area contributed by atoms with Gasteiger partial charge in [-0.05, 0) is 42.5 Å². The molecule has 0 amide bonds. The largest absolute Gasteiger partial charge is 0.377 e. The van der Waals surface area contributed by atoms with Crippen molar-refractivity contribution in [1.29, 1.82) is 0 Å². The van der Waals surface area contributed by atoms with Crippen molar-refractivity contribution in [3.05, 3.63) is 40.0 Å². The van der Waals surface area contributed by atoms with Crippen molar-refractivity contribution in [3.63, 3.8) is 0 Å². The molecule has 3 rings (SSSR count). The summed E-state index contributed by atoms with van der Waals surface area (Å²) in [5, 5.41) is 6.99. The van der Waals surface area contributed by atoms with Gasteiger partial charge in [-0.15, -0.1) is 23.1 Å². The van der Waals surface area contributed by atoms with Crippen molar-refractivity contribution < 1.29 is 0 Å². The van der Waals surface area contributed by atoms with E-state index in [9.17, 15) is 0 Å². The highest BCUT2D eigenvalue weighted by molar-refractivity contribution is 8.01. The summed E-state index contributed by atoms with van der Waals surface area (Å²) in [6, 6.07) is 6.46. The number of nitrogens with zero attached hydrogens (tertiary/aromatic N) is 1. The molecule has 100 valence electrons. The second kappa shape index (κ2) is 5.35. The number of thioether (sulfide) groups is 1. The molecule has 2 nitrogen and oxygen atoms in total. The maximum atomic E-state index is 5.91. The summed E-state index contributed by atoms with van der Waals surface area (Å²) in [5.74, 6) is 0. The number of nitrogens with one attached hydrogen (secondary N) is 1. The Morgan fingerprint density at radius 3 is 3.00 bits per heavy atom. The smallest absolute Gasteiger partial charge is 0.129 e. The fourth-order valence-electron chi connectivity index (χ4n) is 2.36. The topological polar surface area (TPSA) is 24.9 Å². The lowest BCUT2D eigenvalue weighted by atomic mass is 10.0. The van der Waals surface area contributed by atoms with E-state index in [0.717, 1.165) is 17.8 Å². The van der Waals surface area contributed by atoms with Crippen LogP contribution in [0.1, 0.15) is 30.6 Å². The van der Waals surface area contributed by atoms with Gasteiger partial charge in [0.05, 0.1) is 21.6 Å². The van der Waals surface area contributed by atoms with Gasteiger partial charge in [0.2, 0.25) is 0 Å². The fourth-order valence-corrected chi connectivity index (χ4v) is 5.11. The predicted molar refractivity (Wildman–Crippen MR) is 84.6 cm³/mol. The Balaban J connectivity index is 1.88. The number of aromatic nitrogens is 1. The van der Waals surface area contributed by atoms with Crippen molar-refractivity contribution >= 4 is 40.4 Å². The first kappa shape index (κ1) is 13.3. The summed E-state index contributed by atoms with van der Waals surface area (Å²) < 4.78 is 1.44. The van der Waals surface area contributed by atoms with Crippen molar-refractivity contribution in [1.82, 2.24) is 4.98 Å². The van der Waals surface area contributed by atoms with E-state index in [1.807, 2.05) is 42.2 Å². The molecule has 0 bridgehead atoms. The molecule has 0 aliphatic carbocycles. The van der Waals surface area contributed by atoms with Crippen LogP contribution in [0, 0.1) is 6.92 Å². The van der Waals surface area contributed by atoms with Crippen LogP contribution in [0.25, 0.3) is 0 Å². The minimum absolute atomic E-state index is 0.374. The first-order valence-electron chi connectivity index (χ1n) is 6.27. The molecule has 0 fully saturated rings. The SMILES string of the molecule is Cc1nc(Cl)ccc1NC1C[C@H](C)Sc2sccc21. The third-order valence-corrected chi connectivity index (χ3v) is 5.85. The van der Waals surface area contributed by atoms with Gasteiger partial charge in [0, 0.05) is 5.25 Å². The Kier molecular flexibility index (Phi) is 3.74. The number of fused-ring (bicyclic) bond motifs is 1. The molecule has 0 saturated heterocycles. The Hall–Kier alpha value is -0.710. The van der Waals surface area contributed by atoms with Crippen molar-refractivity contribution in [3.8, 4) is 0 Å². The lowest BCUT2D eigenvalue weighted by Gasteiger charge is -2.28. The molecule has 5 heteroatoms. The highest BCUT2D eigenvalue weighted by Crippen LogP contribution is 2.45. The summed E-state index contributed by atoms with van der Waals surface area (Å²) in [6.07, 6.45) is 1.14. The third kappa shape index (κ3) is 2.76. The van der Waals surface area contributed by atoms with E-state index in [0.29, 0.717) is 16.4 Å². The lowest BCUT2D eigenvalue weighted by molar-refractivity contribution is 0.669. The van der Waals surface area contributed by atoms with Crippen LogP contribution < -0.4 is 5.32 Å². The van der Waals surface area contributed by atoms with Crippen molar-refractivity contribution in [2.45, 2.75) is 35.8 Å². The number of anilines is 1. The summed E-state index contributed by atoms with van der Waals surface area (Å²) in [4.78, 5) is 4.30. The quantitative estimate of drug-likeness (QED) is 0.777. The Labute approximate surface area is 126 Å². The number of pyridine rings is 1.